The second kappa shape index (κ2) is 5.43. The third-order valence-electron chi connectivity index (χ3n) is 2.45. The third kappa shape index (κ3) is 3.25. The van der Waals surface area contributed by atoms with Crippen molar-refractivity contribution >= 4 is 17.4 Å². The van der Waals surface area contributed by atoms with Crippen LogP contribution in [0, 0.1) is 5.95 Å². The molecule has 2 aromatic rings. The zero-order valence-electron chi connectivity index (χ0n) is 10.6. The first-order chi connectivity index (χ1) is 9.06. The molecule has 0 radical (unpaired) electrons. The smallest absolute Gasteiger partial charge is 0.257 e. The van der Waals surface area contributed by atoms with E-state index < -0.39 is 5.95 Å². The van der Waals surface area contributed by atoms with E-state index in [1.165, 1.54) is 12.3 Å². The monoisotopic (exact) mass is 260 g/mol. The fourth-order valence-electron chi connectivity index (χ4n) is 1.44. The number of pyridine rings is 2. The van der Waals surface area contributed by atoms with Crippen molar-refractivity contribution in [3.63, 3.8) is 0 Å². The van der Waals surface area contributed by atoms with Gasteiger partial charge in [0.2, 0.25) is 5.95 Å². The summed E-state index contributed by atoms with van der Waals surface area (Å²) in [4.78, 5) is 21.3. The Labute approximate surface area is 110 Å². The van der Waals surface area contributed by atoms with Gasteiger partial charge in [-0.25, -0.2) is 9.97 Å². The molecule has 6 heteroatoms. The van der Waals surface area contributed by atoms with Crippen LogP contribution in [0.5, 0.6) is 0 Å². The van der Waals surface area contributed by atoms with Gasteiger partial charge in [0.25, 0.3) is 5.91 Å². The van der Waals surface area contributed by atoms with E-state index >= 15 is 0 Å². The summed E-state index contributed by atoms with van der Waals surface area (Å²) in [5, 5.41) is 2.66. The van der Waals surface area contributed by atoms with Crippen molar-refractivity contribution in [2.75, 3.05) is 24.3 Å². The average molecular weight is 260 g/mol. The van der Waals surface area contributed by atoms with Crippen molar-refractivity contribution in [3.05, 3.63) is 48.2 Å². The number of carbonyl (C=O) groups is 1. The predicted molar refractivity (Wildman–Crippen MR) is 70.7 cm³/mol. The van der Waals surface area contributed by atoms with Crippen LogP contribution >= 0.6 is 0 Å². The molecular weight excluding hydrogens is 247 g/mol. The number of rotatable bonds is 3. The lowest BCUT2D eigenvalue weighted by atomic mass is 10.2. The normalized spacial score (nSPS) is 10.1. The number of hydrogen-bond acceptors (Lipinski definition) is 4. The van der Waals surface area contributed by atoms with Crippen LogP contribution in [0.1, 0.15) is 10.4 Å². The number of carbonyl (C=O) groups excluding carboxylic acids is 1. The highest BCUT2D eigenvalue weighted by Gasteiger charge is 2.07. The first kappa shape index (κ1) is 12.9. The van der Waals surface area contributed by atoms with Crippen LogP contribution in [-0.2, 0) is 0 Å². The number of anilines is 2. The van der Waals surface area contributed by atoms with E-state index in [1.54, 1.807) is 18.3 Å². The van der Waals surface area contributed by atoms with Gasteiger partial charge in [-0.05, 0) is 24.3 Å². The Hall–Kier alpha value is -2.50. The molecule has 98 valence electrons. The van der Waals surface area contributed by atoms with Crippen LogP contribution in [0.2, 0.25) is 0 Å². The second-order valence-corrected chi connectivity index (χ2v) is 4.12. The Kier molecular flexibility index (Phi) is 3.70. The molecule has 19 heavy (non-hydrogen) atoms. The summed E-state index contributed by atoms with van der Waals surface area (Å²) in [7, 11) is 3.76. The Morgan fingerprint density at radius 3 is 2.47 bits per heavy atom. The first-order valence-corrected chi connectivity index (χ1v) is 5.62. The lowest BCUT2D eigenvalue weighted by Gasteiger charge is -2.11. The molecule has 2 aromatic heterocycles. The predicted octanol–water partition coefficient (Wildman–Crippen LogP) is 1.93. The van der Waals surface area contributed by atoms with Gasteiger partial charge in [0, 0.05) is 20.3 Å². The largest absolute Gasteiger partial charge is 0.363 e. The van der Waals surface area contributed by atoms with Crippen molar-refractivity contribution in [2.24, 2.45) is 0 Å². The zero-order valence-corrected chi connectivity index (χ0v) is 10.6. The lowest BCUT2D eigenvalue weighted by molar-refractivity contribution is 0.102. The van der Waals surface area contributed by atoms with E-state index in [2.05, 4.69) is 15.3 Å². The van der Waals surface area contributed by atoms with E-state index in [4.69, 9.17) is 0 Å². The average Bonchev–Trinajstić information content (AvgIpc) is 2.40. The minimum absolute atomic E-state index is 0.290. The second-order valence-electron chi connectivity index (χ2n) is 4.12. The molecule has 0 atom stereocenters. The van der Waals surface area contributed by atoms with Crippen molar-refractivity contribution in [2.45, 2.75) is 0 Å². The van der Waals surface area contributed by atoms with E-state index in [1.807, 2.05) is 19.0 Å². The zero-order chi connectivity index (χ0) is 13.8. The van der Waals surface area contributed by atoms with E-state index in [0.717, 1.165) is 11.9 Å². The van der Waals surface area contributed by atoms with Crippen LogP contribution < -0.4 is 10.2 Å². The maximum absolute atomic E-state index is 12.6. The fraction of sp³-hybridized carbons (Fsp3) is 0.154. The molecule has 0 unspecified atom stereocenters. The van der Waals surface area contributed by atoms with E-state index in [9.17, 15) is 9.18 Å². The van der Waals surface area contributed by atoms with Gasteiger partial charge in [-0.1, -0.05) is 0 Å². The molecule has 2 heterocycles. The highest BCUT2D eigenvalue weighted by molar-refractivity contribution is 6.03. The van der Waals surface area contributed by atoms with Crippen LogP contribution in [0.4, 0.5) is 15.9 Å². The molecule has 0 spiro atoms. The number of nitrogens with one attached hydrogen (secondary N) is 1. The van der Waals surface area contributed by atoms with Gasteiger partial charge in [-0.2, -0.15) is 4.39 Å². The number of halogens is 1. The van der Waals surface area contributed by atoms with Gasteiger partial charge in [0.15, 0.2) is 0 Å². The number of hydrogen-bond donors (Lipinski definition) is 1. The molecular formula is C13H13FN4O. The lowest BCUT2D eigenvalue weighted by Crippen LogP contribution is -2.14. The molecule has 0 aliphatic rings. The summed E-state index contributed by atoms with van der Waals surface area (Å²) in [5.74, 6) is -0.179. The van der Waals surface area contributed by atoms with Crippen LogP contribution in [-0.4, -0.2) is 30.0 Å². The SMILES string of the molecule is CN(C)c1ccc(NC(=O)c2ccc(F)nc2)cn1. The number of aromatic nitrogens is 2. The molecule has 5 nitrogen and oxygen atoms in total. The molecule has 1 N–H and O–H groups in total. The molecule has 0 saturated heterocycles. The summed E-state index contributed by atoms with van der Waals surface area (Å²) in [6.45, 7) is 0. The molecule has 0 fully saturated rings. The number of nitrogens with zero attached hydrogens (tertiary/aromatic N) is 3. The van der Waals surface area contributed by atoms with E-state index in [-0.39, 0.29) is 11.5 Å². The highest BCUT2D eigenvalue weighted by Crippen LogP contribution is 2.12. The summed E-state index contributed by atoms with van der Waals surface area (Å²) >= 11 is 0. The molecule has 0 bridgehead atoms. The van der Waals surface area contributed by atoms with Gasteiger partial charge < -0.3 is 10.2 Å². The van der Waals surface area contributed by atoms with Crippen molar-refractivity contribution in [1.82, 2.24) is 9.97 Å². The Bertz CT molecular complexity index is 566. The summed E-state index contributed by atoms with van der Waals surface area (Å²) in [5.41, 5.74) is 0.859. The first-order valence-electron chi connectivity index (χ1n) is 5.62. The molecule has 2 rings (SSSR count). The van der Waals surface area contributed by atoms with Gasteiger partial charge in [0.05, 0.1) is 17.4 Å². The summed E-state index contributed by atoms with van der Waals surface area (Å²) < 4.78 is 12.6. The van der Waals surface area contributed by atoms with Gasteiger partial charge in [-0.15, -0.1) is 0 Å². The van der Waals surface area contributed by atoms with Crippen LogP contribution in [0.3, 0.4) is 0 Å². The minimum Gasteiger partial charge on any atom is -0.363 e. The Morgan fingerprint density at radius 2 is 1.95 bits per heavy atom. The highest BCUT2D eigenvalue weighted by atomic mass is 19.1. The molecule has 0 aromatic carbocycles. The molecule has 1 amide bonds. The summed E-state index contributed by atoms with van der Waals surface area (Å²) in [6, 6.07) is 6.05. The quantitative estimate of drug-likeness (QED) is 0.857. The van der Waals surface area contributed by atoms with Gasteiger partial charge in [0.1, 0.15) is 5.82 Å². The van der Waals surface area contributed by atoms with Gasteiger partial charge >= 0.3 is 0 Å². The Morgan fingerprint density at radius 1 is 1.16 bits per heavy atom. The minimum atomic E-state index is -0.617. The van der Waals surface area contributed by atoms with Crippen molar-refractivity contribution < 1.29 is 9.18 Å². The molecule has 0 aliphatic carbocycles. The van der Waals surface area contributed by atoms with Crippen LogP contribution in [0.15, 0.2) is 36.7 Å². The molecule has 0 saturated carbocycles. The standard InChI is InChI=1S/C13H13FN4O/c1-18(2)12-6-4-10(8-16-12)17-13(19)9-3-5-11(14)15-7-9/h3-8H,1-2H3,(H,17,19). The Balaban J connectivity index is 2.08. The van der Waals surface area contributed by atoms with Crippen molar-refractivity contribution in [1.29, 1.82) is 0 Å². The summed E-state index contributed by atoms with van der Waals surface area (Å²) in [6.07, 6.45) is 2.75. The third-order valence-corrected chi connectivity index (χ3v) is 2.45. The maximum Gasteiger partial charge on any atom is 0.257 e. The van der Waals surface area contributed by atoms with Crippen LogP contribution in [0.25, 0.3) is 0 Å². The fourth-order valence-corrected chi connectivity index (χ4v) is 1.44. The number of amides is 1. The van der Waals surface area contributed by atoms with Crippen molar-refractivity contribution in [3.8, 4) is 0 Å². The van der Waals surface area contributed by atoms with E-state index in [0.29, 0.717) is 5.69 Å². The molecule has 0 aliphatic heterocycles. The maximum atomic E-state index is 12.6. The van der Waals surface area contributed by atoms with Gasteiger partial charge in [-0.3, -0.25) is 4.79 Å². The topological polar surface area (TPSA) is 58.1 Å².